The molecule has 0 heterocycles. The number of rotatable bonds is 2. The van der Waals surface area contributed by atoms with E-state index in [4.69, 9.17) is 9.29 Å². The Morgan fingerprint density at radius 2 is 1.93 bits per heavy atom. The van der Waals surface area contributed by atoms with Gasteiger partial charge in [-0.1, -0.05) is 26.8 Å². The molecule has 1 aromatic rings. The summed E-state index contributed by atoms with van der Waals surface area (Å²) in [6, 6.07) is 5.88. The van der Waals surface area contributed by atoms with Crippen molar-refractivity contribution in [3.63, 3.8) is 0 Å². The molecule has 0 aliphatic rings. The second-order valence-corrected chi connectivity index (χ2v) is 4.83. The molecule has 0 atom stereocenters. The molecule has 0 fully saturated rings. The zero-order chi connectivity index (χ0) is 10.8. The lowest BCUT2D eigenvalue weighted by Crippen LogP contribution is -2.10. The fourth-order valence-electron chi connectivity index (χ4n) is 1.21. The van der Waals surface area contributed by atoms with Crippen LogP contribution in [0.5, 0.6) is 5.75 Å². The first-order valence-corrected chi connectivity index (χ1v) is 5.26. The largest absolute Gasteiger partial charge is 0.496 e. The van der Waals surface area contributed by atoms with Crippen molar-refractivity contribution in [1.82, 2.24) is 0 Å². The maximum atomic E-state index is 9.08. The molecule has 0 aliphatic carbocycles. The summed E-state index contributed by atoms with van der Waals surface area (Å²) in [5, 5.41) is 0. The van der Waals surface area contributed by atoms with Crippen LogP contribution in [-0.4, -0.2) is 11.7 Å². The monoisotopic (exact) mass is 212 g/mol. The molecule has 3 heteroatoms. The van der Waals surface area contributed by atoms with Crippen molar-refractivity contribution in [2.24, 2.45) is 0 Å². The highest BCUT2D eigenvalue weighted by Gasteiger charge is 2.15. The lowest BCUT2D eigenvalue weighted by molar-refractivity contribution is 0.403. The van der Waals surface area contributed by atoms with Crippen molar-refractivity contribution in [3.8, 4) is 5.75 Å². The molecule has 0 radical (unpaired) electrons. The molecule has 0 unspecified atom stereocenters. The molecule has 0 saturated carbocycles. The molecule has 14 heavy (non-hydrogen) atoms. The maximum absolute atomic E-state index is 9.08. The summed E-state index contributed by atoms with van der Waals surface area (Å²) in [5.74, 6) is 0.713. The predicted molar refractivity (Wildman–Crippen MR) is 60.2 cm³/mol. The topological polar surface area (TPSA) is 29.5 Å². The van der Waals surface area contributed by atoms with Crippen molar-refractivity contribution >= 4 is 12.0 Å². The summed E-state index contributed by atoms with van der Waals surface area (Å²) in [4.78, 5) is 0.764. The van der Waals surface area contributed by atoms with Gasteiger partial charge in [-0.3, -0.25) is 0 Å². The van der Waals surface area contributed by atoms with E-state index in [2.05, 4.69) is 20.8 Å². The third kappa shape index (κ3) is 2.42. The van der Waals surface area contributed by atoms with E-state index in [9.17, 15) is 0 Å². The molecule has 0 bridgehead atoms. The van der Waals surface area contributed by atoms with Crippen LogP contribution in [0.4, 0.5) is 0 Å². The third-order valence-corrected chi connectivity index (χ3v) is 2.64. The fourth-order valence-corrected chi connectivity index (χ4v) is 1.64. The molecule has 2 nitrogen and oxygen atoms in total. The lowest BCUT2D eigenvalue weighted by Gasteiger charge is -2.20. The zero-order valence-corrected chi connectivity index (χ0v) is 9.81. The first-order valence-electron chi connectivity index (χ1n) is 4.49. The molecule has 78 valence electrons. The van der Waals surface area contributed by atoms with Crippen LogP contribution in [0.15, 0.2) is 23.1 Å². The van der Waals surface area contributed by atoms with Crippen LogP contribution in [-0.2, 0) is 5.41 Å². The Morgan fingerprint density at radius 3 is 2.36 bits per heavy atom. The molecule has 0 spiro atoms. The summed E-state index contributed by atoms with van der Waals surface area (Å²) >= 11 is 0.725. The SMILES string of the molecule is COc1ccc(C(C)(C)C)cc1SO. The smallest absolute Gasteiger partial charge is 0.134 e. The van der Waals surface area contributed by atoms with Gasteiger partial charge in [-0.15, -0.1) is 0 Å². The van der Waals surface area contributed by atoms with Crippen LogP contribution in [0.1, 0.15) is 26.3 Å². The normalized spacial score (nSPS) is 11.5. The van der Waals surface area contributed by atoms with Crippen LogP contribution in [0, 0.1) is 0 Å². The van der Waals surface area contributed by atoms with Crippen molar-refractivity contribution in [1.29, 1.82) is 0 Å². The van der Waals surface area contributed by atoms with E-state index >= 15 is 0 Å². The summed E-state index contributed by atoms with van der Waals surface area (Å²) < 4.78 is 14.2. The predicted octanol–water partition coefficient (Wildman–Crippen LogP) is 3.56. The Hall–Kier alpha value is -0.670. The Morgan fingerprint density at radius 1 is 1.29 bits per heavy atom. The Kier molecular flexibility index (Phi) is 3.45. The quantitative estimate of drug-likeness (QED) is 0.760. The molecule has 0 aliphatic heterocycles. The van der Waals surface area contributed by atoms with Gasteiger partial charge in [0.05, 0.1) is 12.0 Å². The van der Waals surface area contributed by atoms with Crippen LogP contribution < -0.4 is 4.74 Å². The Bertz CT molecular complexity index is 316. The van der Waals surface area contributed by atoms with Gasteiger partial charge in [-0.05, 0) is 23.1 Å². The van der Waals surface area contributed by atoms with Gasteiger partial charge < -0.3 is 9.29 Å². The minimum absolute atomic E-state index is 0.0940. The van der Waals surface area contributed by atoms with E-state index in [1.807, 2.05) is 18.2 Å². The second kappa shape index (κ2) is 4.24. The van der Waals surface area contributed by atoms with Crippen LogP contribution in [0.2, 0.25) is 0 Å². The average Bonchev–Trinajstić information content (AvgIpc) is 2.15. The number of benzene rings is 1. The molecule has 1 aromatic carbocycles. The van der Waals surface area contributed by atoms with E-state index in [1.165, 1.54) is 5.56 Å². The highest BCUT2D eigenvalue weighted by molar-refractivity contribution is 7.93. The van der Waals surface area contributed by atoms with Gasteiger partial charge in [-0.25, -0.2) is 0 Å². The van der Waals surface area contributed by atoms with Gasteiger partial charge in [0.15, 0.2) is 0 Å². The first-order chi connectivity index (χ1) is 6.49. The minimum atomic E-state index is 0.0940. The number of hydrogen-bond acceptors (Lipinski definition) is 3. The van der Waals surface area contributed by atoms with Gasteiger partial charge in [-0.2, -0.15) is 0 Å². The van der Waals surface area contributed by atoms with Crippen LogP contribution in [0.3, 0.4) is 0 Å². The molecular formula is C11H16O2S. The van der Waals surface area contributed by atoms with Crippen molar-refractivity contribution in [2.75, 3.05) is 7.11 Å². The van der Waals surface area contributed by atoms with Crippen molar-refractivity contribution in [2.45, 2.75) is 31.1 Å². The third-order valence-electron chi connectivity index (χ3n) is 2.13. The molecule has 0 aromatic heterocycles. The minimum Gasteiger partial charge on any atom is -0.496 e. The van der Waals surface area contributed by atoms with E-state index in [0.29, 0.717) is 5.75 Å². The molecule has 1 rings (SSSR count). The number of methoxy groups -OCH3 is 1. The highest BCUT2D eigenvalue weighted by Crippen LogP contribution is 2.32. The molecule has 1 N–H and O–H groups in total. The highest BCUT2D eigenvalue weighted by atomic mass is 32.2. The Balaban J connectivity index is 3.14. The van der Waals surface area contributed by atoms with Crippen LogP contribution >= 0.6 is 12.0 Å². The summed E-state index contributed by atoms with van der Waals surface area (Å²) in [6.45, 7) is 6.42. The van der Waals surface area contributed by atoms with Crippen LogP contribution in [0.25, 0.3) is 0 Å². The zero-order valence-electron chi connectivity index (χ0n) is 9.00. The van der Waals surface area contributed by atoms with E-state index in [-0.39, 0.29) is 5.41 Å². The van der Waals surface area contributed by atoms with Gasteiger partial charge in [0.2, 0.25) is 0 Å². The fraction of sp³-hybridized carbons (Fsp3) is 0.455. The van der Waals surface area contributed by atoms with Gasteiger partial charge in [0.25, 0.3) is 0 Å². The van der Waals surface area contributed by atoms with E-state index < -0.39 is 0 Å². The summed E-state index contributed by atoms with van der Waals surface area (Å²) in [7, 11) is 1.60. The van der Waals surface area contributed by atoms with E-state index in [0.717, 1.165) is 16.9 Å². The van der Waals surface area contributed by atoms with Gasteiger partial charge in [0.1, 0.15) is 5.75 Å². The summed E-state index contributed by atoms with van der Waals surface area (Å²) in [6.07, 6.45) is 0. The second-order valence-electron chi connectivity index (χ2n) is 4.21. The van der Waals surface area contributed by atoms with E-state index in [1.54, 1.807) is 7.11 Å². The Labute approximate surface area is 89.5 Å². The van der Waals surface area contributed by atoms with Gasteiger partial charge in [0, 0.05) is 12.0 Å². The number of hydrogen-bond donors (Lipinski definition) is 1. The molecule has 0 amide bonds. The lowest BCUT2D eigenvalue weighted by atomic mass is 9.87. The summed E-state index contributed by atoms with van der Waals surface area (Å²) in [5.41, 5.74) is 1.28. The number of ether oxygens (including phenoxy) is 1. The van der Waals surface area contributed by atoms with Crippen molar-refractivity contribution in [3.05, 3.63) is 23.8 Å². The average molecular weight is 212 g/mol. The maximum Gasteiger partial charge on any atom is 0.134 e. The molecule has 0 saturated heterocycles. The standard InChI is InChI=1S/C11H16O2S/c1-11(2,3)8-5-6-9(13-4)10(7-8)14-12/h5-7,12H,1-4H3. The van der Waals surface area contributed by atoms with Crippen molar-refractivity contribution < 1.29 is 9.29 Å². The van der Waals surface area contributed by atoms with Gasteiger partial charge >= 0.3 is 0 Å². The molecular weight excluding hydrogens is 196 g/mol. The first kappa shape index (κ1) is 11.4.